The van der Waals surface area contributed by atoms with Gasteiger partial charge in [0.15, 0.2) is 5.69 Å². The molecule has 0 spiro atoms. The first kappa shape index (κ1) is 14.5. The Kier molecular flexibility index (Phi) is 3.85. The Bertz CT molecular complexity index is 932. The minimum atomic E-state index is -0.365. The third-order valence-electron chi connectivity index (χ3n) is 3.40. The molecule has 112 valence electrons. The van der Waals surface area contributed by atoms with Gasteiger partial charge in [0.25, 0.3) is 5.91 Å². The molecule has 23 heavy (non-hydrogen) atoms. The molecule has 1 aromatic carbocycles. The molecule has 3 rings (SSSR count). The van der Waals surface area contributed by atoms with Gasteiger partial charge in [0, 0.05) is 6.20 Å². The number of nitriles is 1. The highest BCUT2D eigenvalue weighted by molar-refractivity contribution is 5.95. The lowest BCUT2D eigenvalue weighted by Crippen LogP contribution is -2.19. The van der Waals surface area contributed by atoms with Crippen LogP contribution in [0.2, 0.25) is 0 Å². The molecular weight excluding hydrogens is 290 g/mol. The Morgan fingerprint density at radius 2 is 2.09 bits per heavy atom. The van der Waals surface area contributed by atoms with Crippen LogP contribution in [-0.2, 0) is 0 Å². The second-order valence-corrected chi connectivity index (χ2v) is 4.91. The summed E-state index contributed by atoms with van der Waals surface area (Å²) in [6.07, 6.45) is 3.37. The van der Waals surface area contributed by atoms with Gasteiger partial charge in [-0.1, -0.05) is 18.2 Å². The Morgan fingerprint density at radius 3 is 2.78 bits per heavy atom. The van der Waals surface area contributed by atoms with E-state index in [9.17, 15) is 4.79 Å². The highest BCUT2D eigenvalue weighted by atomic mass is 16.2. The van der Waals surface area contributed by atoms with Gasteiger partial charge in [-0.25, -0.2) is 10.4 Å². The van der Waals surface area contributed by atoms with Gasteiger partial charge in [0.2, 0.25) is 0 Å². The lowest BCUT2D eigenvalue weighted by atomic mass is 10.2. The number of carbonyl (C=O) groups is 1. The van der Waals surface area contributed by atoms with Crippen molar-refractivity contribution in [2.24, 2.45) is 5.10 Å². The fraction of sp³-hybridized carbons (Fsp3) is 0.0588. The molecule has 0 atom stereocenters. The molecule has 2 aromatic heterocycles. The highest BCUT2D eigenvalue weighted by Crippen LogP contribution is 2.11. The van der Waals surface area contributed by atoms with Crippen molar-refractivity contribution in [3.05, 3.63) is 71.2 Å². The number of pyridine rings is 1. The van der Waals surface area contributed by atoms with Crippen LogP contribution in [0.25, 0.3) is 5.65 Å². The topological polar surface area (TPSA) is 82.5 Å². The smallest absolute Gasteiger partial charge is 0.291 e. The molecule has 2 heterocycles. The van der Waals surface area contributed by atoms with E-state index in [0.717, 1.165) is 11.3 Å². The maximum atomic E-state index is 12.2. The molecular formula is C17H13N5O. The highest BCUT2D eigenvalue weighted by Gasteiger charge is 2.14. The molecule has 6 heteroatoms. The van der Waals surface area contributed by atoms with Crippen LogP contribution in [0.15, 0.2) is 53.8 Å². The van der Waals surface area contributed by atoms with Crippen LogP contribution in [0.3, 0.4) is 0 Å². The summed E-state index contributed by atoms with van der Waals surface area (Å²) in [5.74, 6) is -0.365. The van der Waals surface area contributed by atoms with Crippen molar-refractivity contribution < 1.29 is 4.79 Å². The number of hydrazone groups is 1. The van der Waals surface area contributed by atoms with Gasteiger partial charge in [0.1, 0.15) is 5.65 Å². The Morgan fingerprint density at radius 1 is 1.30 bits per heavy atom. The predicted molar refractivity (Wildman–Crippen MR) is 86.1 cm³/mol. The third-order valence-corrected chi connectivity index (χ3v) is 3.40. The summed E-state index contributed by atoms with van der Waals surface area (Å²) in [6, 6.07) is 14.5. The van der Waals surface area contributed by atoms with E-state index < -0.39 is 0 Å². The summed E-state index contributed by atoms with van der Waals surface area (Å²) in [4.78, 5) is 16.5. The summed E-state index contributed by atoms with van der Waals surface area (Å²) >= 11 is 0. The van der Waals surface area contributed by atoms with Gasteiger partial charge in [-0.2, -0.15) is 10.4 Å². The lowest BCUT2D eigenvalue weighted by Gasteiger charge is -1.98. The van der Waals surface area contributed by atoms with Gasteiger partial charge in [-0.3, -0.25) is 4.79 Å². The molecule has 0 aliphatic carbocycles. The van der Waals surface area contributed by atoms with Crippen LogP contribution in [-0.4, -0.2) is 21.5 Å². The molecule has 3 aromatic rings. The van der Waals surface area contributed by atoms with Gasteiger partial charge in [-0.05, 0) is 36.8 Å². The number of nitrogens with one attached hydrogen (secondary N) is 1. The molecule has 0 fully saturated rings. The normalized spacial score (nSPS) is 10.8. The number of hydrogen-bond acceptors (Lipinski definition) is 4. The van der Waals surface area contributed by atoms with Gasteiger partial charge >= 0.3 is 0 Å². The number of fused-ring (bicyclic) bond motifs is 1. The van der Waals surface area contributed by atoms with Crippen molar-refractivity contribution in [3.8, 4) is 6.07 Å². The number of hydrogen-bond donors (Lipinski definition) is 1. The van der Waals surface area contributed by atoms with E-state index >= 15 is 0 Å². The van der Waals surface area contributed by atoms with E-state index in [1.54, 1.807) is 24.3 Å². The number of aromatic nitrogens is 2. The van der Waals surface area contributed by atoms with Crippen molar-refractivity contribution in [2.45, 2.75) is 6.92 Å². The molecule has 0 radical (unpaired) electrons. The molecule has 0 bridgehead atoms. The van der Waals surface area contributed by atoms with Crippen molar-refractivity contribution in [2.75, 3.05) is 0 Å². The summed E-state index contributed by atoms with van der Waals surface area (Å²) in [6.45, 7) is 1.83. The average Bonchev–Trinajstić information content (AvgIpc) is 2.93. The SMILES string of the molecule is Cc1c(C(=O)NN=Cc2ccc(C#N)cc2)nc2ccccn12. The lowest BCUT2D eigenvalue weighted by molar-refractivity contribution is 0.0950. The maximum Gasteiger partial charge on any atom is 0.291 e. The molecule has 0 saturated carbocycles. The van der Waals surface area contributed by atoms with E-state index in [2.05, 4.69) is 15.5 Å². The van der Waals surface area contributed by atoms with Crippen LogP contribution in [0, 0.1) is 18.3 Å². The Hall–Kier alpha value is -3.46. The molecule has 6 nitrogen and oxygen atoms in total. The summed E-state index contributed by atoms with van der Waals surface area (Å²) < 4.78 is 1.85. The zero-order valence-corrected chi connectivity index (χ0v) is 12.4. The molecule has 0 unspecified atom stereocenters. The fourth-order valence-corrected chi connectivity index (χ4v) is 2.20. The summed E-state index contributed by atoms with van der Waals surface area (Å²) in [5, 5.41) is 12.7. The summed E-state index contributed by atoms with van der Waals surface area (Å²) in [5.41, 5.74) is 5.64. The second kappa shape index (κ2) is 6.12. The van der Waals surface area contributed by atoms with Crippen LogP contribution in [0.5, 0.6) is 0 Å². The van der Waals surface area contributed by atoms with E-state index in [0.29, 0.717) is 16.9 Å². The van der Waals surface area contributed by atoms with E-state index in [1.165, 1.54) is 6.21 Å². The van der Waals surface area contributed by atoms with Crippen LogP contribution >= 0.6 is 0 Å². The molecule has 0 saturated heterocycles. The third kappa shape index (κ3) is 2.94. The number of carbonyl (C=O) groups excluding carboxylic acids is 1. The summed E-state index contributed by atoms with van der Waals surface area (Å²) in [7, 11) is 0. The van der Waals surface area contributed by atoms with Gasteiger partial charge in [-0.15, -0.1) is 0 Å². The monoisotopic (exact) mass is 303 g/mol. The van der Waals surface area contributed by atoms with Crippen molar-refractivity contribution in [1.82, 2.24) is 14.8 Å². The second-order valence-electron chi connectivity index (χ2n) is 4.91. The number of benzene rings is 1. The maximum absolute atomic E-state index is 12.2. The Labute approximate surface area is 132 Å². The van der Waals surface area contributed by atoms with Crippen LogP contribution < -0.4 is 5.43 Å². The zero-order chi connectivity index (χ0) is 16.2. The largest absolute Gasteiger partial charge is 0.304 e. The first-order chi connectivity index (χ1) is 11.2. The fourth-order valence-electron chi connectivity index (χ4n) is 2.20. The number of amides is 1. The number of nitrogens with zero attached hydrogens (tertiary/aromatic N) is 4. The molecule has 0 aliphatic heterocycles. The molecule has 0 aliphatic rings. The zero-order valence-electron chi connectivity index (χ0n) is 12.4. The number of aryl methyl sites for hydroxylation is 1. The minimum Gasteiger partial charge on any atom is -0.304 e. The molecule has 1 N–H and O–H groups in total. The quantitative estimate of drug-likeness (QED) is 0.595. The predicted octanol–water partition coefficient (Wildman–Crippen LogP) is 2.28. The minimum absolute atomic E-state index is 0.341. The Balaban J connectivity index is 1.74. The van der Waals surface area contributed by atoms with E-state index in [-0.39, 0.29) is 5.91 Å². The van der Waals surface area contributed by atoms with Crippen molar-refractivity contribution in [1.29, 1.82) is 5.26 Å². The average molecular weight is 303 g/mol. The van der Waals surface area contributed by atoms with Crippen LogP contribution in [0.1, 0.15) is 27.3 Å². The van der Waals surface area contributed by atoms with Gasteiger partial charge in [0.05, 0.1) is 23.5 Å². The molecule has 1 amide bonds. The van der Waals surface area contributed by atoms with Gasteiger partial charge < -0.3 is 4.40 Å². The first-order valence-electron chi connectivity index (χ1n) is 6.96. The van der Waals surface area contributed by atoms with E-state index in [4.69, 9.17) is 5.26 Å². The standard InChI is InChI=1S/C17H13N5O/c1-12-16(20-15-4-2-3-9-22(12)15)17(23)21-19-11-14-7-5-13(10-18)6-8-14/h2-9,11H,1H3,(H,21,23). The first-order valence-corrected chi connectivity index (χ1v) is 6.96. The van der Waals surface area contributed by atoms with Crippen molar-refractivity contribution >= 4 is 17.8 Å². The number of rotatable bonds is 3. The number of imidazole rings is 1. The van der Waals surface area contributed by atoms with Crippen molar-refractivity contribution in [3.63, 3.8) is 0 Å². The van der Waals surface area contributed by atoms with E-state index in [1.807, 2.05) is 41.8 Å². The van der Waals surface area contributed by atoms with Crippen LogP contribution in [0.4, 0.5) is 0 Å².